The fraction of sp³-hybridized carbons (Fsp3) is 0.500. The summed E-state index contributed by atoms with van der Waals surface area (Å²) in [5.41, 5.74) is -0.460. The van der Waals surface area contributed by atoms with Gasteiger partial charge < -0.3 is 9.84 Å². The minimum Gasteiger partial charge on any atom is -0.421 e. The van der Waals surface area contributed by atoms with E-state index in [1.807, 2.05) is 0 Å². The molecular formula is C14H18F2O6S. The molecule has 0 bridgehead atoms. The molecule has 2 N–H and O–H groups in total. The lowest BCUT2D eigenvalue weighted by Crippen LogP contribution is -2.40. The van der Waals surface area contributed by atoms with Crippen LogP contribution in [0.25, 0.3) is 0 Å². The maximum Gasteiger partial charge on any atom is 0.466 e. The average molecular weight is 352 g/mol. The highest BCUT2D eigenvalue weighted by molar-refractivity contribution is 7.87. The van der Waals surface area contributed by atoms with E-state index in [2.05, 4.69) is 4.74 Å². The second-order valence-electron chi connectivity index (χ2n) is 5.14. The normalized spacial score (nSPS) is 13.0. The Morgan fingerprint density at radius 1 is 1.26 bits per heavy atom. The van der Waals surface area contributed by atoms with E-state index in [9.17, 15) is 27.1 Å². The van der Waals surface area contributed by atoms with Crippen LogP contribution in [-0.2, 0) is 21.3 Å². The van der Waals surface area contributed by atoms with Crippen LogP contribution >= 0.6 is 0 Å². The molecule has 0 amide bonds. The Hall–Kier alpha value is -1.58. The largest absolute Gasteiger partial charge is 0.466 e. The van der Waals surface area contributed by atoms with Crippen molar-refractivity contribution in [2.24, 2.45) is 0 Å². The van der Waals surface area contributed by atoms with Crippen molar-refractivity contribution < 1.29 is 36.4 Å². The molecule has 23 heavy (non-hydrogen) atoms. The molecule has 0 atom stereocenters. The fourth-order valence-corrected chi connectivity index (χ4v) is 2.12. The van der Waals surface area contributed by atoms with E-state index in [0.717, 1.165) is 0 Å². The van der Waals surface area contributed by atoms with E-state index in [0.29, 0.717) is 18.4 Å². The van der Waals surface area contributed by atoms with E-state index >= 15 is 0 Å². The number of alkyl halides is 2. The second-order valence-corrected chi connectivity index (χ2v) is 6.60. The first-order valence-corrected chi connectivity index (χ1v) is 8.27. The quantitative estimate of drug-likeness (QED) is 0.443. The monoisotopic (exact) mass is 352 g/mol. The average Bonchev–Trinajstić information content (AvgIpc) is 2.46. The van der Waals surface area contributed by atoms with Crippen LogP contribution in [0.4, 0.5) is 8.78 Å². The van der Waals surface area contributed by atoms with Crippen molar-refractivity contribution >= 4 is 16.1 Å². The van der Waals surface area contributed by atoms with Gasteiger partial charge in [-0.2, -0.15) is 17.2 Å². The number of esters is 1. The number of ether oxygens (including phenoxy) is 1. The number of halogens is 2. The molecule has 0 heterocycles. The van der Waals surface area contributed by atoms with Crippen molar-refractivity contribution in [2.75, 3.05) is 0 Å². The number of carbonyl (C=O) groups is 1. The van der Waals surface area contributed by atoms with Crippen molar-refractivity contribution in [2.45, 2.75) is 44.0 Å². The number of hydrogen-bond acceptors (Lipinski definition) is 5. The fourth-order valence-electron chi connectivity index (χ4n) is 1.87. The van der Waals surface area contributed by atoms with Gasteiger partial charge in [0.25, 0.3) is 0 Å². The molecule has 0 fully saturated rings. The lowest BCUT2D eigenvalue weighted by molar-refractivity contribution is -0.151. The first kappa shape index (κ1) is 19.5. The molecule has 9 heteroatoms. The van der Waals surface area contributed by atoms with Crippen molar-refractivity contribution in [3.05, 3.63) is 29.8 Å². The van der Waals surface area contributed by atoms with Gasteiger partial charge in [0.2, 0.25) is 0 Å². The van der Waals surface area contributed by atoms with Gasteiger partial charge in [-0.15, -0.1) is 0 Å². The van der Waals surface area contributed by atoms with Crippen LogP contribution in [0.1, 0.15) is 32.3 Å². The van der Waals surface area contributed by atoms with E-state index in [-0.39, 0.29) is 12.2 Å². The highest BCUT2D eigenvalue weighted by Gasteiger charge is 2.54. The Morgan fingerprint density at radius 2 is 1.83 bits per heavy atom. The van der Waals surface area contributed by atoms with Gasteiger partial charge in [-0.1, -0.05) is 26.0 Å². The molecular weight excluding hydrogens is 334 g/mol. The molecule has 0 saturated heterocycles. The zero-order valence-corrected chi connectivity index (χ0v) is 13.4. The minimum atomic E-state index is -5.92. The maximum atomic E-state index is 13.1. The van der Waals surface area contributed by atoms with Crippen LogP contribution in [0, 0.1) is 0 Å². The minimum absolute atomic E-state index is 0.208. The van der Waals surface area contributed by atoms with Crippen molar-refractivity contribution in [3.8, 4) is 5.75 Å². The predicted molar refractivity (Wildman–Crippen MR) is 77.8 cm³/mol. The third-order valence-electron chi connectivity index (χ3n) is 3.52. The molecule has 0 unspecified atom stereocenters. The van der Waals surface area contributed by atoms with E-state index in [1.54, 1.807) is 19.9 Å². The Kier molecular flexibility index (Phi) is 5.84. The Bertz CT molecular complexity index is 668. The third kappa shape index (κ3) is 4.69. The summed E-state index contributed by atoms with van der Waals surface area (Å²) in [6, 6.07) is 5.44. The van der Waals surface area contributed by atoms with Gasteiger partial charge in [0, 0.05) is 6.42 Å². The molecule has 0 saturated carbocycles. The van der Waals surface area contributed by atoms with Gasteiger partial charge in [-0.25, -0.2) is 4.79 Å². The number of carbonyl (C=O) groups excluding carboxylic acids is 1. The summed E-state index contributed by atoms with van der Waals surface area (Å²) >= 11 is 0. The molecule has 0 spiro atoms. The van der Waals surface area contributed by atoms with Crippen molar-refractivity contribution in [3.63, 3.8) is 0 Å². The number of aliphatic hydroxyl groups is 1. The van der Waals surface area contributed by atoms with Gasteiger partial charge in [0.05, 0.1) is 5.60 Å². The zero-order chi connectivity index (χ0) is 17.9. The molecule has 0 aromatic heterocycles. The topological polar surface area (TPSA) is 101 Å². The van der Waals surface area contributed by atoms with Gasteiger partial charge >= 0.3 is 21.3 Å². The summed E-state index contributed by atoms with van der Waals surface area (Å²) in [5, 5.41) is 5.19. The highest BCUT2D eigenvalue weighted by Crippen LogP contribution is 2.26. The summed E-state index contributed by atoms with van der Waals surface area (Å²) in [6.07, 6.45) is 1.14. The number of hydrogen-bond donors (Lipinski definition) is 2. The second kappa shape index (κ2) is 6.90. The lowest BCUT2D eigenvalue weighted by atomic mass is 9.89. The molecule has 1 rings (SSSR count). The van der Waals surface area contributed by atoms with Crippen LogP contribution < -0.4 is 4.74 Å². The van der Waals surface area contributed by atoms with Crippen LogP contribution in [0.5, 0.6) is 5.75 Å². The first-order valence-electron chi connectivity index (χ1n) is 6.83. The van der Waals surface area contributed by atoms with E-state index in [4.69, 9.17) is 4.55 Å². The number of benzene rings is 1. The molecule has 1 aromatic rings. The van der Waals surface area contributed by atoms with Gasteiger partial charge in [-0.05, 0) is 30.5 Å². The summed E-state index contributed by atoms with van der Waals surface area (Å²) in [7, 11) is -5.92. The number of rotatable bonds is 7. The molecule has 0 aliphatic carbocycles. The zero-order valence-electron chi connectivity index (χ0n) is 12.6. The van der Waals surface area contributed by atoms with Gasteiger partial charge in [0.1, 0.15) is 5.75 Å². The molecule has 1 aromatic carbocycles. The smallest absolute Gasteiger partial charge is 0.421 e. The van der Waals surface area contributed by atoms with Crippen molar-refractivity contribution in [1.29, 1.82) is 0 Å². The molecule has 130 valence electrons. The molecule has 6 nitrogen and oxygen atoms in total. The lowest BCUT2D eigenvalue weighted by Gasteiger charge is -2.25. The Balaban J connectivity index is 2.96. The van der Waals surface area contributed by atoms with Gasteiger partial charge in [-0.3, -0.25) is 4.55 Å². The Labute approximate surface area is 132 Å². The summed E-state index contributed by atoms with van der Waals surface area (Å²) < 4.78 is 59.9. The van der Waals surface area contributed by atoms with Crippen LogP contribution in [-0.4, -0.2) is 34.9 Å². The summed E-state index contributed by atoms with van der Waals surface area (Å²) in [4.78, 5) is 11.2. The van der Waals surface area contributed by atoms with Crippen LogP contribution in [0.3, 0.4) is 0 Å². The van der Waals surface area contributed by atoms with E-state index < -0.39 is 26.9 Å². The van der Waals surface area contributed by atoms with Crippen LogP contribution in [0.15, 0.2) is 24.3 Å². The summed E-state index contributed by atoms with van der Waals surface area (Å²) in [5.74, 6) is -2.72. The van der Waals surface area contributed by atoms with Gasteiger partial charge in [0.15, 0.2) is 0 Å². The third-order valence-corrected chi connectivity index (χ3v) is 4.33. The van der Waals surface area contributed by atoms with E-state index in [1.165, 1.54) is 18.2 Å². The summed E-state index contributed by atoms with van der Waals surface area (Å²) in [6.45, 7) is 3.58. The van der Waals surface area contributed by atoms with Crippen LogP contribution in [0.2, 0.25) is 0 Å². The maximum absolute atomic E-state index is 13.1. The predicted octanol–water partition coefficient (Wildman–Crippen LogP) is 2.17. The SMILES string of the molecule is CCC(O)(CC)Cc1cccc(OC(=O)C(F)(F)S(=O)(=O)O)c1. The first-order chi connectivity index (χ1) is 10.4. The van der Waals surface area contributed by atoms with Crippen molar-refractivity contribution in [1.82, 2.24) is 0 Å². The Morgan fingerprint density at radius 3 is 2.30 bits per heavy atom. The molecule has 0 radical (unpaired) electrons. The molecule has 0 aliphatic rings. The molecule has 0 aliphatic heterocycles. The highest BCUT2D eigenvalue weighted by atomic mass is 32.2. The standard InChI is InChI=1S/C14H18F2O6S/c1-3-13(18,4-2)9-10-6-5-7-11(8-10)22-12(17)14(15,16)23(19,20)21/h5-8,18H,3-4,9H2,1-2H3,(H,19,20,21).